The molecule has 4 heterocycles. The van der Waals surface area contributed by atoms with Gasteiger partial charge >= 0.3 is 0 Å². The summed E-state index contributed by atoms with van der Waals surface area (Å²) in [6, 6.07) is 4.04. The van der Waals surface area contributed by atoms with Gasteiger partial charge in [-0.2, -0.15) is 4.31 Å². The highest BCUT2D eigenvalue weighted by atomic mass is 32.2. The maximum atomic E-state index is 13.9. The first-order chi connectivity index (χ1) is 16.0. The van der Waals surface area contributed by atoms with E-state index in [-0.39, 0.29) is 11.7 Å². The molecule has 3 aliphatic rings. The molecular weight excluding hydrogens is 444 g/mol. The fraction of sp³-hybridized carbons (Fsp3) is 0.522. The highest BCUT2D eigenvalue weighted by Crippen LogP contribution is 2.51. The Balaban J connectivity index is 1.39. The second-order valence-electron chi connectivity index (χ2n) is 8.72. The molecule has 2 aromatic rings. The van der Waals surface area contributed by atoms with Crippen LogP contribution in [0.5, 0.6) is 17.2 Å². The predicted molar refractivity (Wildman–Crippen MR) is 122 cm³/mol. The van der Waals surface area contributed by atoms with Crippen LogP contribution in [0.2, 0.25) is 0 Å². The zero-order valence-electron chi connectivity index (χ0n) is 19.1. The summed E-state index contributed by atoms with van der Waals surface area (Å²) >= 11 is 0. The van der Waals surface area contributed by atoms with Crippen LogP contribution >= 0.6 is 0 Å². The van der Waals surface area contributed by atoms with Crippen LogP contribution in [0.1, 0.15) is 16.7 Å². The Hall–Kier alpha value is -2.40. The van der Waals surface area contributed by atoms with E-state index in [4.69, 9.17) is 14.2 Å². The SMILES string of the molecule is COc1c2c(c(S(=O)(=O)N3CCN(CCc4ccncc4)CC3)c3c1OCO3)CCN(C)C2. The summed E-state index contributed by atoms with van der Waals surface area (Å²) in [7, 11) is -0.133. The minimum atomic E-state index is -3.74. The number of ether oxygens (including phenoxy) is 3. The van der Waals surface area contributed by atoms with Gasteiger partial charge in [-0.25, -0.2) is 8.42 Å². The van der Waals surface area contributed by atoms with Crippen molar-refractivity contribution in [2.75, 3.05) is 60.2 Å². The molecule has 3 aliphatic heterocycles. The lowest BCUT2D eigenvalue weighted by Gasteiger charge is -2.35. The topological polar surface area (TPSA) is 84.4 Å². The number of fused-ring (bicyclic) bond motifs is 2. The number of methoxy groups -OCH3 is 1. The van der Waals surface area contributed by atoms with Gasteiger partial charge in [0.2, 0.25) is 22.6 Å². The van der Waals surface area contributed by atoms with Gasteiger partial charge in [-0.05, 0) is 43.1 Å². The van der Waals surface area contributed by atoms with E-state index < -0.39 is 10.0 Å². The fourth-order valence-electron chi connectivity index (χ4n) is 4.90. The predicted octanol–water partition coefficient (Wildman–Crippen LogP) is 1.36. The van der Waals surface area contributed by atoms with E-state index in [9.17, 15) is 8.42 Å². The molecule has 0 amide bonds. The Kier molecular flexibility index (Phi) is 6.17. The van der Waals surface area contributed by atoms with E-state index in [1.807, 2.05) is 19.2 Å². The highest BCUT2D eigenvalue weighted by molar-refractivity contribution is 7.89. The van der Waals surface area contributed by atoms with Crippen LogP contribution in [0.4, 0.5) is 0 Å². The lowest BCUT2D eigenvalue weighted by molar-refractivity contribution is 0.168. The highest BCUT2D eigenvalue weighted by Gasteiger charge is 2.40. The number of benzene rings is 1. The Morgan fingerprint density at radius 3 is 2.48 bits per heavy atom. The molecule has 0 spiro atoms. The van der Waals surface area contributed by atoms with Crippen LogP contribution in [-0.4, -0.2) is 87.7 Å². The number of nitrogens with zero attached hydrogens (tertiary/aromatic N) is 4. The molecule has 0 atom stereocenters. The van der Waals surface area contributed by atoms with Crippen molar-refractivity contribution in [1.82, 2.24) is 19.1 Å². The number of rotatable bonds is 6. The number of sulfonamides is 1. The van der Waals surface area contributed by atoms with E-state index in [0.717, 1.165) is 30.6 Å². The van der Waals surface area contributed by atoms with E-state index in [1.54, 1.807) is 23.8 Å². The summed E-state index contributed by atoms with van der Waals surface area (Å²) in [6.45, 7) is 4.59. The lowest BCUT2D eigenvalue weighted by Crippen LogP contribution is -2.49. The number of likely N-dealkylation sites (N-methyl/N-ethyl adjacent to an activating group) is 1. The summed E-state index contributed by atoms with van der Waals surface area (Å²) in [4.78, 5) is 8.80. The number of hydrogen-bond donors (Lipinski definition) is 0. The van der Waals surface area contributed by atoms with Crippen molar-refractivity contribution >= 4 is 10.0 Å². The number of pyridine rings is 1. The molecule has 9 nitrogen and oxygen atoms in total. The maximum absolute atomic E-state index is 13.9. The first-order valence-corrected chi connectivity index (χ1v) is 12.7. The summed E-state index contributed by atoms with van der Waals surface area (Å²) < 4.78 is 46.4. The van der Waals surface area contributed by atoms with Gasteiger partial charge in [-0.3, -0.25) is 4.98 Å². The summed E-state index contributed by atoms with van der Waals surface area (Å²) in [5.41, 5.74) is 2.92. The zero-order chi connectivity index (χ0) is 23.0. The van der Waals surface area contributed by atoms with Gasteiger partial charge in [-0.1, -0.05) is 0 Å². The van der Waals surface area contributed by atoms with E-state index in [0.29, 0.717) is 56.4 Å². The van der Waals surface area contributed by atoms with E-state index >= 15 is 0 Å². The van der Waals surface area contributed by atoms with Crippen LogP contribution in [0, 0.1) is 0 Å². The Morgan fingerprint density at radius 1 is 1.03 bits per heavy atom. The van der Waals surface area contributed by atoms with E-state index in [1.165, 1.54) is 5.56 Å². The monoisotopic (exact) mass is 474 g/mol. The van der Waals surface area contributed by atoms with Crippen molar-refractivity contribution in [3.8, 4) is 17.2 Å². The van der Waals surface area contributed by atoms with Crippen LogP contribution < -0.4 is 14.2 Å². The molecule has 1 aromatic heterocycles. The quantitative estimate of drug-likeness (QED) is 0.621. The standard InChI is InChI=1S/C23H30N4O5S/c1-25-9-6-18-19(15-25)20(30-2)21-22(32-16-31-21)23(18)33(28,29)27-13-11-26(12-14-27)10-5-17-3-7-24-8-4-17/h3-4,7-8H,5-6,9-16H2,1-2H3. The molecule has 1 aromatic carbocycles. The second-order valence-corrected chi connectivity index (χ2v) is 10.6. The molecule has 0 bridgehead atoms. The molecule has 0 N–H and O–H groups in total. The van der Waals surface area contributed by atoms with Gasteiger partial charge in [0, 0.05) is 63.8 Å². The minimum Gasteiger partial charge on any atom is -0.492 e. The third-order valence-corrected chi connectivity index (χ3v) is 8.70. The van der Waals surface area contributed by atoms with Gasteiger partial charge in [-0.15, -0.1) is 0 Å². The summed E-state index contributed by atoms with van der Waals surface area (Å²) in [5, 5.41) is 0. The van der Waals surface area contributed by atoms with Gasteiger partial charge in [0.05, 0.1) is 7.11 Å². The average Bonchev–Trinajstić information content (AvgIpc) is 3.31. The smallest absolute Gasteiger partial charge is 0.247 e. The third-order valence-electron chi connectivity index (χ3n) is 6.71. The Labute approximate surface area is 194 Å². The molecule has 0 unspecified atom stereocenters. The Morgan fingerprint density at radius 2 is 1.76 bits per heavy atom. The number of hydrogen-bond acceptors (Lipinski definition) is 8. The van der Waals surface area contributed by atoms with Crippen molar-refractivity contribution in [1.29, 1.82) is 0 Å². The minimum absolute atomic E-state index is 0.00424. The molecule has 1 saturated heterocycles. The van der Waals surface area contributed by atoms with Gasteiger partial charge in [0.25, 0.3) is 0 Å². The van der Waals surface area contributed by atoms with Crippen LogP contribution in [0.3, 0.4) is 0 Å². The second kappa shape index (κ2) is 9.09. The summed E-state index contributed by atoms with van der Waals surface area (Å²) in [6.07, 6.45) is 5.15. The van der Waals surface area contributed by atoms with Crippen LogP contribution in [0.25, 0.3) is 0 Å². The largest absolute Gasteiger partial charge is 0.492 e. The Bertz CT molecular complexity index is 1120. The molecular formula is C23H30N4O5S. The first-order valence-electron chi connectivity index (χ1n) is 11.3. The van der Waals surface area contributed by atoms with Crippen LogP contribution in [0.15, 0.2) is 29.4 Å². The molecule has 0 aliphatic carbocycles. The maximum Gasteiger partial charge on any atom is 0.247 e. The molecule has 33 heavy (non-hydrogen) atoms. The van der Waals surface area contributed by atoms with Crippen LogP contribution in [-0.2, 0) is 29.4 Å². The van der Waals surface area contributed by atoms with Crippen molar-refractivity contribution < 1.29 is 22.6 Å². The van der Waals surface area contributed by atoms with Crippen molar-refractivity contribution in [3.63, 3.8) is 0 Å². The van der Waals surface area contributed by atoms with Gasteiger partial charge < -0.3 is 24.0 Å². The van der Waals surface area contributed by atoms with E-state index in [2.05, 4.69) is 14.8 Å². The molecule has 10 heteroatoms. The average molecular weight is 475 g/mol. The third kappa shape index (κ3) is 4.16. The molecule has 5 rings (SSSR count). The number of piperazine rings is 1. The molecule has 178 valence electrons. The fourth-order valence-corrected chi connectivity index (χ4v) is 6.72. The molecule has 0 saturated carbocycles. The lowest BCUT2D eigenvalue weighted by atomic mass is 9.97. The molecule has 0 radical (unpaired) electrons. The number of aromatic nitrogens is 1. The van der Waals surface area contributed by atoms with Crippen molar-refractivity contribution in [2.45, 2.75) is 24.3 Å². The van der Waals surface area contributed by atoms with Crippen molar-refractivity contribution in [2.24, 2.45) is 0 Å². The normalized spacial score (nSPS) is 19.5. The van der Waals surface area contributed by atoms with Crippen molar-refractivity contribution in [3.05, 3.63) is 41.2 Å². The summed E-state index contributed by atoms with van der Waals surface area (Å²) in [5.74, 6) is 1.29. The zero-order valence-corrected chi connectivity index (χ0v) is 19.9. The van der Waals surface area contributed by atoms with Gasteiger partial charge in [0.1, 0.15) is 4.90 Å². The first kappa shape index (κ1) is 22.4. The molecule has 1 fully saturated rings. The van der Waals surface area contributed by atoms with Gasteiger partial charge in [0.15, 0.2) is 11.5 Å².